The van der Waals surface area contributed by atoms with Gasteiger partial charge in [-0.05, 0) is 29.9 Å². The molecule has 3 unspecified atom stereocenters. The summed E-state index contributed by atoms with van der Waals surface area (Å²) in [6.07, 6.45) is 3.87. The molecule has 1 fully saturated rings. The van der Waals surface area contributed by atoms with Crippen molar-refractivity contribution in [1.82, 2.24) is 10.2 Å². The maximum Gasteiger partial charge on any atom is 0.0244 e. The molecule has 0 spiro atoms. The minimum atomic E-state index is 0.695. The van der Waals surface area contributed by atoms with Crippen molar-refractivity contribution in [3.8, 4) is 0 Å². The maximum atomic E-state index is 3.77. The maximum absolute atomic E-state index is 3.77. The third-order valence-corrected chi connectivity index (χ3v) is 5.36. The largest absolute Gasteiger partial charge is 0.311 e. The van der Waals surface area contributed by atoms with Crippen LogP contribution < -0.4 is 5.32 Å². The van der Waals surface area contributed by atoms with E-state index < -0.39 is 0 Å². The predicted octanol–water partition coefficient (Wildman–Crippen LogP) is 3.42. The fourth-order valence-electron chi connectivity index (χ4n) is 4.12. The Balaban J connectivity index is 1.66. The molecule has 1 aromatic carbocycles. The highest BCUT2D eigenvalue weighted by Crippen LogP contribution is 2.36. The van der Waals surface area contributed by atoms with E-state index in [1.54, 1.807) is 11.1 Å². The average molecular weight is 286 g/mol. The number of hydrogen-bond acceptors (Lipinski definition) is 2. The molecule has 0 amide bonds. The molecule has 2 nitrogen and oxygen atoms in total. The molecule has 0 radical (unpaired) electrons. The quantitative estimate of drug-likeness (QED) is 0.892. The van der Waals surface area contributed by atoms with Gasteiger partial charge in [-0.1, -0.05) is 51.5 Å². The van der Waals surface area contributed by atoms with Gasteiger partial charge in [0.1, 0.15) is 0 Å². The Bertz CT molecular complexity index is 468. The fraction of sp³-hybridized carbons (Fsp3) is 0.684. The number of piperazine rings is 1. The minimum Gasteiger partial charge on any atom is -0.311 e. The molecule has 3 atom stereocenters. The van der Waals surface area contributed by atoms with E-state index in [1.165, 1.54) is 32.4 Å². The van der Waals surface area contributed by atoms with Crippen molar-refractivity contribution in [2.75, 3.05) is 19.6 Å². The predicted molar refractivity (Wildman–Crippen MR) is 89.8 cm³/mol. The molecule has 116 valence electrons. The van der Waals surface area contributed by atoms with Crippen LogP contribution in [0.15, 0.2) is 24.3 Å². The Kier molecular flexibility index (Phi) is 4.66. The van der Waals surface area contributed by atoms with Crippen LogP contribution >= 0.6 is 0 Å². The summed E-state index contributed by atoms with van der Waals surface area (Å²) in [7, 11) is 0. The monoisotopic (exact) mass is 286 g/mol. The first-order chi connectivity index (χ1) is 10.2. The normalized spacial score (nSPS) is 29.2. The van der Waals surface area contributed by atoms with Crippen molar-refractivity contribution in [2.45, 2.75) is 58.0 Å². The Morgan fingerprint density at radius 1 is 1.29 bits per heavy atom. The second-order valence-corrected chi connectivity index (χ2v) is 7.26. The molecule has 0 saturated carbocycles. The van der Waals surface area contributed by atoms with E-state index in [-0.39, 0.29) is 0 Å². The van der Waals surface area contributed by atoms with Crippen LogP contribution in [0, 0.1) is 5.92 Å². The van der Waals surface area contributed by atoms with E-state index in [0.717, 1.165) is 18.4 Å². The highest BCUT2D eigenvalue weighted by atomic mass is 15.2. The van der Waals surface area contributed by atoms with Crippen molar-refractivity contribution < 1.29 is 0 Å². The van der Waals surface area contributed by atoms with Crippen LogP contribution in [0.3, 0.4) is 0 Å². The van der Waals surface area contributed by atoms with Crippen LogP contribution in [-0.4, -0.2) is 36.6 Å². The van der Waals surface area contributed by atoms with Crippen LogP contribution in [0.5, 0.6) is 0 Å². The summed E-state index contributed by atoms with van der Waals surface area (Å²) in [5.41, 5.74) is 3.18. The van der Waals surface area contributed by atoms with Gasteiger partial charge in [0.2, 0.25) is 0 Å². The van der Waals surface area contributed by atoms with E-state index in [9.17, 15) is 0 Å². The zero-order valence-corrected chi connectivity index (χ0v) is 13.8. The van der Waals surface area contributed by atoms with Gasteiger partial charge in [-0.3, -0.25) is 4.90 Å². The molecule has 21 heavy (non-hydrogen) atoms. The van der Waals surface area contributed by atoms with Crippen LogP contribution in [0.1, 0.15) is 50.7 Å². The standard InChI is InChI=1S/C19H30N2/c1-4-7-17-13-21(19(11-20-17)14(2)3)12-16-10-15-8-5-6-9-18(15)16/h5-6,8-9,14,16-17,19-20H,4,7,10-13H2,1-3H3. The first-order valence-electron chi connectivity index (χ1n) is 8.74. The van der Waals surface area contributed by atoms with Gasteiger partial charge in [-0.25, -0.2) is 0 Å². The van der Waals surface area contributed by atoms with E-state index in [4.69, 9.17) is 0 Å². The van der Waals surface area contributed by atoms with E-state index in [1.807, 2.05) is 0 Å². The lowest BCUT2D eigenvalue weighted by molar-refractivity contribution is 0.0864. The number of nitrogens with zero attached hydrogens (tertiary/aromatic N) is 1. The lowest BCUT2D eigenvalue weighted by Crippen LogP contribution is -2.59. The number of nitrogens with one attached hydrogen (secondary N) is 1. The molecule has 2 heteroatoms. The summed E-state index contributed by atoms with van der Waals surface area (Å²) in [6.45, 7) is 10.7. The van der Waals surface area contributed by atoms with Gasteiger partial charge in [0, 0.05) is 37.6 Å². The summed E-state index contributed by atoms with van der Waals surface area (Å²) in [4.78, 5) is 2.78. The SMILES string of the molecule is CCCC1CN(CC2Cc3ccccc32)C(C(C)C)CN1. The topological polar surface area (TPSA) is 15.3 Å². The van der Waals surface area contributed by atoms with Crippen molar-refractivity contribution >= 4 is 0 Å². The summed E-state index contributed by atoms with van der Waals surface area (Å²) in [6, 6.07) is 10.4. The van der Waals surface area contributed by atoms with Gasteiger partial charge in [-0.2, -0.15) is 0 Å². The van der Waals surface area contributed by atoms with Gasteiger partial charge in [-0.15, -0.1) is 0 Å². The Hall–Kier alpha value is -0.860. The van der Waals surface area contributed by atoms with Crippen LogP contribution in [0.25, 0.3) is 0 Å². The Morgan fingerprint density at radius 2 is 2.10 bits per heavy atom. The summed E-state index contributed by atoms with van der Waals surface area (Å²) in [5.74, 6) is 1.50. The number of benzene rings is 1. The molecule has 1 saturated heterocycles. The molecule has 1 aliphatic heterocycles. The van der Waals surface area contributed by atoms with E-state index >= 15 is 0 Å². The number of rotatable bonds is 5. The first-order valence-corrected chi connectivity index (χ1v) is 8.74. The summed E-state index contributed by atoms with van der Waals surface area (Å²) in [5, 5.41) is 3.77. The third kappa shape index (κ3) is 3.17. The summed E-state index contributed by atoms with van der Waals surface area (Å²) < 4.78 is 0. The van der Waals surface area contributed by atoms with Crippen molar-refractivity contribution in [3.63, 3.8) is 0 Å². The first kappa shape index (κ1) is 15.1. The zero-order valence-electron chi connectivity index (χ0n) is 13.8. The second-order valence-electron chi connectivity index (χ2n) is 7.26. The van der Waals surface area contributed by atoms with Crippen molar-refractivity contribution in [2.24, 2.45) is 5.92 Å². The molecule has 0 aromatic heterocycles. The van der Waals surface area contributed by atoms with E-state index in [2.05, 4.69) is 55.3 Å². The zero-order chi connectivity index (χ0) is 14.8. The van der Waals surface area contributed by atoms with Gasteiger partial charge in [0.15, 0.2) is 0 Å². The molecule has 2 aliphatic rings. The van der Waals surface area contributed by atoms with Gasteiger partial charge in [0.25, 0.3) is 0 Å². The number of fused-ring (bicyclic) bond motifs is 1. The number of hydrogen-bond donors (Lipinski definition) is 1. The summed E-state index contributed by atoms with van der Waals surface area (Å²) >= 11 is 0. The average Bonchev–Trinajstić information content (AvgIpc) is 2.45. The minimum absolute atomic E-state index is 0.695. The molecular weight excluding hydrogens is 256 g/mol. The van der Waals surface area contributed by atoms with Crippen LogP contribution in [0.4, 0.5) is 0 Å². The van der Waals surface area contributed by atoms with Crippen LogP contribution in [-0.2, 0) is 6.42 Å². The Labute approximate surface area is 129 Å². The van der Waals surface area contributed by atoms with Gasteiger partial charge in [0.05, 0.1) is 0 Å². The third-order valence-electron chi connectivity index (χ3n) is 5.36. The smallest absolute Gasteiger partial charge is 0.0244 e. The molecule has 1 N–H and O–H groups in total. The highest BCUT2D eigenvalue weighted by molar-refractivity contribution is 5.40. The lowest BCUT2D eigenvalue weighted by Gasteiger charge is -2.45. The van der Waals surface area contributed by atoms with Gasteiger partial charge < -0.3 is 5.32 Å². The molecule has 1 heterocycles. The highest BCUT2D eigenvalue weighted by Gasteiger charge is 2.34. The van der Waals surface area contributed by atoms with E-state index in [0.29, 0.717) is 12.1 Å². The molecular formula is C19H30N2. The molecule has 3 rings (SSSR count). The fourth-order valence-corrected chi connectivity index (χ4v) is 4.12. The molecule has 1 aromatic rings. The lowest BCUT2D eigenvalue weighted by atomic mass is 9.77. The van der Waals surface area contributed by atoms with Crippen molar-refractivity contribution in [3.05, 3.63) is 35.4 Å². The van der Waals surface area contributed by atoms with Crippen LogP contribution in [0.2, 0.25) is 0 Å². The Morgan fingerprint density at radius 3 is 2.81 bits per heavy atom. The molecule has 1 aliphatic carbocycles. The second kappa shape index (κ2) is 6.50. The molecule has 0 bridgehead atoms. The van der Waals surface area contributed by atoms with Crippen molar-refractivity contribution in [1.29, 1.82) is 0 Å². The van der Waals surface area contributed by atoms with Gasteiger partial charge >= 0.3 is 0 Å².